The van der Waals surface area contributed by atoms with Gasteiger partial charge in [0.15, 0.2) is 5.82 Å². The number of aryl methyl sites for hydroxylation is 1. The molecule has 1 amide bonds. The minimum absolute atomic E-state index is 0.00961. The highest BCUT2D eigenvalue weighted by Crippen LogP contribution is 2.44. The van der Waals surface area contributed by atoms with Gasteiger partial charge >= 0.3 is 0 Å². The fourth-order valence-corrected chi connectivity index (χ4v) is 4.29. The summed E-state index contributed by atoms with van der Waals surface area (Å²) in [6.07, 6.45) is 6.60. The maximum atomic E-state index is 12.4. The van der Waals surface area contributed by atoms with Gasteiger partial charge in [-0.3, -0.25) is 4.79 Å². The van der Waals surface area contributed by atoms with E-state index >= 15 is 0 Å². The Hall–Kier alpha value is -2.27. The van der Waals surface area contributed by atoms with Gasteiger partial charge in [0.25, 0.3) is 0 Å². The van der Waals surface area contributed by atoms with Crippen molar-refractivity contribution in [3.05, 3.63) is 47.8 Å². The number of carbonyl (C=O) groups is 1. The molecule has 1 spiro atoms. The second kappa shape index (κ2) is 6.56. The zero-order chi connectivity index (χ0) is 17.3. The lowest BCUT2D eigenvalue weighted by atomic mass is 9.77. The molecule has 2 aromatic rings. The Labute approximate surface area is 148 Å². The minimum atomic E-state index is -0.00961. The largest absolute Gasteiger partial charge is 0.342 e. The van der Waals surface area contributed by atoms with E-state index in [1.807, 2.05) is 41.4 Å². The van der Waals surface area contributed by atoms with Gasteiger partial charge in [0, 0.05) is 43.2 Å². The van der Waals surface area contributed by atoms with Gasteiger partial charge in [-0.15, -0.1) is 0 Å². The summed E-state index contributed by atoms with van der Waals surface area (Å²) < 4.78 is 0. The molecular formula is C20H24N4O. The molecule has 1 aromatic carbocycles. The number of amides is 1. The van der Waals surface area contributed by atoms with E-state index in [2.05, 4.69) is 4.98 Å². The first-order valence-corrected chi connectivity index (χ1v) is 9.11. The van der Waals surface area contributed by atoms with Crippen LogP contribution in [0.4, 0.5) is 0 Å². The number of aromatic nitrogens is 2. The predicted molar refractivity (Wildman–Crippen MR) is 97.0 cm³/mol. The van der Waals surface area contributed by atoms with Crippen LogP contribution in [0.5, 0.6) is 0 Å². The highest BCUT2D eigenvalue weighted by Gasteiger charge is 2.44. The molecule has 5 heteroatoms. The van der Waals surface area contributed by atoms with Crippen LogP contribution in [0.25, 0.3) is 11.4 Å². The summed E-state index contributed by atoms with van der Waals surface area (Å²) in [7, 11) is 0. The zero-order valence-electron chi connectivity index (χ0n) is 14.4. The lowest BCUT2D eigenvalue weighted by Gasteiger charge is -2.40. The Bertz CT molecular complexity index is 773. The molecule has 2 N–H and O–H groups in total. The molecule has 1 aromatic heterocycles. The lowest BCUT2D eigenvalue weighted by Crippen LogP contribution is -2.48. The SMILES string of the molecule is NCCC(=O)N1CCCC2(CCc3cnc(-c4ccccc4)nc32)C1. The van der Waals surface area contributed by atoms with Crippen molar-refractivity contribution >= 4 is 5.91 Å². The van der Waals surface area contributed by atoms with E-state index in [-0.39, 0.29) is 11.3 Å². The van der Waals surface area contributed by atoms with Crippen molar-refractivity contribution in [2.75, 3.05) is 19.6 Å². The highest BCUT2D eigenvalue weighted by molar-refractivity contribution is 5.76. The van der Waals surface area contributed by atoms with E-state index in [0.717, 1.165) is 55.9 Å². The van der Waals surface area contributed by atoms with Gasteiger partial charge in [-0.2, -0.15) is 0 Å². The summed E-state index contributed by atoms with van der Waals surface area (Å²) in [5.74, 6) is 0.957. The highest BCUT2D eigenvalue weighted by atomic mass is 16.2. The van der Waals surface area contributed by atoms with Gasteiger partial charge in [-0.25, -0.2) is 9.97 Å². The van der Waals surface area contributed by atoms with Crippen LogP contribution in [0.15, 0.2) is 36.5 Å². The third kappa shape index (κ3) is 2.93. The van der Waals surface area contributed by atoms with Crippen LogP contribution in [-0.2, 0) is 16.6 Å². The van der Waals surface area contributed by atoms with Crippen LogP contribution in [0.2, 0.25) is 0 Å². The van der Waals surface area contributed by atoms with Gasteiger partial charge in [-0.05, 0) is 31.2 Å². The van der Waals surface area contributed by atoms with Crippen LogP contribution >= 0.6 is 0 Å². The quantitative estimate of drug-likeness (QED) is 0.933. The minimum Gasteiger partial charge on any atom is -0.342 e. The third-order valence-electron chi connectivity index (χ3n) is 5.56. The van der Waals surface area contributed by atoms with E-state index in [0.29, 0.717) is 13.0 Å². The van der Waals surface area contributed by atoms with Crippen LogP contribution in [0.3, 0.4) is 0 Å². The zero-order valence-corrected chi connectivity index (χ0v) is 14.4. The van der Waals surface area contributed by atoms with Gasteiger partial charge in [0.05, 0.1) is 5.69 Å². The van der Waals surface area contributed by atoms with Crippen molar-refractivity contribution in [1.82, 2.24) is 14.9 Å². The number of hydrogen-bond donors (Lipinski definition) is 1. The van der Waals surface area contributed by atoms with Crippen LogP contribution in [0, 0.1) is 0 Å². The van der Waals surface area contributed by atoms with E-state index in [1.165, 1.54) is 5.56 Å². The molecule has 25 heavy (non-hydrogen) atoms. The molecule has 0 radical (unpaired) electrons. The van der Waals surface area contributed by atoms with Crippen LogP contribution in [-0.4, -0.2) is 40.4 Å². The summed E-state index contributed by atoms with van der Waals surface area (Å²) in [5, 5.41) is 0. The standard InChI is InChI=1S/C20H24N4O/c21-11-8-17(25)24-12-4-9-20(14-24)10-7-16-13-22-19(23-18(16)20)15-5-2-1-3-6-15/h1-3,5-6,13H,4,7-12,14,21H2. The molecule has 4 rings (SSSR count). The lowest BCUT2D eigenvalue weighted by molar-refractivity contribution is -0.133. The number of fused-ring (bicyclic) bond motifs is 2. The number of hydrogen-bond acceptors (Lipinski definition) is 4. The summed E-state index contributed by atoms with van der Waals surface area (Å²) in [4.78, 5) is 23.9. The predicted octanol–water partition coefficient (Wildman–Crippen LogP) is 2.30. The molecule has 0 bridgehead atoms. The fourth-order valence-electron chi connectivity index (χ4n) is 4.29. The first-order chi connectivity index (χ1) is 12.2. The number of likely N-dealkylation sites (tertiary alicyclic amines) is 1. The van der Waals surface area contributed by atoms with Crippen LogP contribution in [0.1, 0.15) is 36.9 Å². The number of carbonyl (C=O) groups excluding carboxylic acids is 1. The molecule has 2 heterocycles. The normalized spacial score (nSPS) is 22.2. The average molecular weight is 336 g/mol. The van der Waals surface area contributed by atoms with Gasteiger partial charge in [-0.1, -0.05) is 30.3 Å². The van der Waals surface area contributed by atoms with Crippen molar-refractivity contribution in [2.45, 2.75) is 37.5 Å². The molecule has 1 atom stereocenters. The monoisotopic (exact) mass is 336 g/mol. The molecule has 1 saturated heterocycles. The topological polar surface area (TPSA) is 72.1 Å². The maximum absolute atomic E-state index is 12.4. The van der Waals surface area contributed by atoms with Crippen molar-refractivity contribution in [2.24, 2.45) is 5.73 Å². The van der Waals surface area contributed by atoms with Crippen molar-refractivity contribution < 1.29 is 4.79 Å². The average Bonchev–Trinajstić information content (AvgIpc) is 3.00. The molecule has 1 aliphatic heterocycles. The molecular weight excluding hydrogens is 312 g/mol. The van der Waals surface area contributed by atoms with Gasteiger partial charge in [0.1, 0.15) is 0 Å². The Morgan fingerprint density at radius 3 is 2.88 bits per heavy atom. The fraction of sp³-hybridized carbons (Fsp3) is 0.450. The molecule has 1 aliphatic carbocycles. The second-order valence-electron chi connectivity index (χ2n) is 7.17. The second-order valence-corrected chi connectivity index (χ2v) is 7.17. The number of benzene rings is 1. The van der Waals surface area contributed by atoms with Gasteiger partial charge < -0.3 is 10.6 Å². The first-order valence-electron chi connectivity index (χ1n) is 9.11. The summed E-state index contributed by atoms with van der Waals surface area (Å²) >= 11 is 0. The molecule has 5 nitrogen and oxygen atoms in total. The molecule has 130 valence electrons. The van der Waals surface area contributed by atoms with E-state index < -0.39 is 0 Å². The summed E-state index contributed by atoms with van der Waals surface area (Å²) in [6.45, 7) is 2.02. The Kier molecular flexibility index (Phi) is 4.25. The Morgan fingerprint density at radius 2 is 2.08 bits per heavy atom. The summed E-state index contributed by atoms with van der Waals surface area (Å²) in [6, 6.07) is 10.1. The van der Waals surface area contributed by atoms with E-state index in [1.54, 1.807) is 0 Å². The van der Waals surface area contributed by atoms with Crippen LogP contribution < -0.4 is 5.73 Å². The third-order valence-corrected chi connectivity index (χ3v) is 5.56. The molecule has 1 unspecified atom stereocenters. The Balaban J connectivity index is 1.67. The molecule has 1 fully saturated rings. The number of piperidine rings is 1. The first kappa shape index (κ1) is 16.2. The summed E-state index contributed by atoms with van der Waals surface area (Å²) in [5.41, 5.74) is 9.01. The number of rotatable bonds is 3. The van der Waals surface area contributed by atoms with Crippen molar-refractivity contribution in [3.8, 4) is 11.4 Å². The molecule has 0 saturated carbocycles. The number of nitrogens with zero attached hydrogens (tertiary/aromatic N) is 3. The van der Waals surface area contributed by atoms with Crippen molar-refractivity contribution in [3.63, 3.8) is 0 Å². The van der Waals surface area contributed by atoms with Gasteiger partial charge in [0.2, 0.25) is 5.91 Å². The maximum Gasteiger partial charge on any atom is 0.223 e. The van der Waals surface area contributed by atoms with Crippen molar-refractivity contribution in [1.29, 1.82) is 0 Å². The smallest absolute Gasteiger partial charge is 0.223 e. The van der Waals surface area contributed by atoms with E-state index in [9.17, 15) is 4.79 Å². The Morgan fingerprint density at radius 1 is 1.24 bits per heavy atom. The molecule has 2 aliphatic rings. The number of nitrogens with two attached hydrogens (primary N) is 1. The van der Waals surface area contributed by atoms with E-state index in [4.69, 9.17) is 10.7 Å².